The fraction of sp³-hybridized carbons (Fsp3) is 0.304. The van der Waals surface area contributed by atoms with Gasteiger partial charge < -0.3 is 14.8 Å². The molecule has 1 atom stereocenters. The highest BCUT2D eigenvalue weighted by Gasteiger charge is 2.34. The summed E-state index contributed by atoms with van der Waals surface area (Å²) in [5.41, 5.74) is -0.171. The Labute approximate surface area is 192 Å². The first-order valence-corrected chi connectivity index (χ1v) is 11.5. The van der Waals surface area contributed by atoms with Crippen LogP contribution in [0.2, 0.25) is 0 Å². The Morgan fingerprint density at radius 3 is 2.52 bits per heavy atom. The van der Waals surface area contributed by atoms with Crippen molar-refractivity contribution >= 4 is 16.1 Å². The van der Waals surface area contributed by atoms with E-state index in [4.69, 9.17) is 9.47 Å². The van der Waals surface area contributed by atoms with Crippen molar-refractivity contribution in [3.05, 3.63) is 66.4 Å². The van der Waals surface area contributed by atoms with Crippen molar-refractivity contribution in [2.45, 2.75) is 31.8 Å². The van der Waals surface area contributed by atoms with E-state index in [-0.39, 0.29) is 16.2 Å². The van der Waals surface area contributed by atoms with E-state index in [0.717, 1.165) is 3.97 Å². The van der Waals surface area contributed by atoms with Crippen LogP contribution in [0.1, 0.15) is 32.4 Å². The molecule has 0 fully saturated rings. The van der Waals surface area contributed by atoms with Crippen LogP contribution in [-0.4, -0.2) is 37.6 Å². The number of nitrogens with one attached hydrogen (secondary N) is 1. The van der Waals surface area contributed by atoms with Crippen LogP contribution >= 0.6 is 0 Å². The van der Waals surface area contributed by atoms with Crippen molar-refractivity contribution in [1.29, 1.82) is 0 Å². The number of nitrogens with zero attached hydrogens (tertiary/aromatic N) is 2. The quantitative estimate of drug-likeness (QED) is 0.531. The lowest BCUT2D eigenvalue weighted by atomic mass is 9.85. The smallest absolute Gasteiger partial charge is 0.407 e. The summed E-state index contributed by atoms with van der Waals surface area (Å²) in [7, 11) is -1.32. The summed E-state index contributed by atoms with van der Waals surface area (Å²) in [5.74, 6) is -0.475. The molecule has 0 spiro atoms. The van der Waals surface area contributed by atoms with Crippen LogP contribution < -0.4 is 10.1 Å². The highest BCUT2D eigenvalue weighted by molar-refractivity contribution is 7.90. The lowest BCUT2D eigenvalue weighted by Crippen LogP contribution is -2.28. The molecule has 0 bridgehead atoms. The van der Waals surface area contributed by atoms with Gasteiger partial charge in [-0.2, -0.15) is 4.39 Å². The molecule has 2 aromatic heterocycles. The number of amides is 1. The number of carbonyl (C=O) groups excluding carboxylic acids is 1. The molecule has 1 amide bonds. The highest BCUT2D eigenvalue weighted by Crippen LogP contribution is 2.40. The van der Waals surface area contributed by atoms with Gasteiger partial charge in [0, 0.05) is 36.5 Å². The molecule has 2 heterocycles. The normalized spacial score (nSPS) is 12.8. The molecule has 3 aromatic rings. The minimum atomic E-state index is -4.17. The van der Waals surface area contributed by atoms with Gasteiger partial charge in [0.2, 0.25) is 5.95 Å². The van der Waals surface area contributed by atoms with Crippen LogP contribution in [0.25, 0.3) is 11.3 Å². The Hall–Kier alpha value is -3.40. The summed E-state index contributed by atoms with van der Waals surface area (Å²) in [6.45, 7) is 5.54. The van der Waals surface area contributed by atoms with Gasteiger partial charge in [-0.15, -0.1) is 0 Å². The first-order valence-electron chi connectivity index (χ1n) is 10.1. The Bertz CT molecular complexity index is 1270. The van der Waals surface area contributed by atoms with Crippen molar-refractivity contribution < 1.29 is 27.1 Å². The topological polar surface area (TPSA) is 99.5 Å². The standard InChI is InChI=1S/C23H26FN3O5S/c1-23(2,3)20(32-22(28)25-4)15-12-19(18-10-7-11-26-21(18)24)27(14-15)33(29,30)17-9-6-8-16(13-17)31-5/h6-14,20H,1-5H3,(H,25,28). The van der Waals surface area contributed by atoms with Gasteiger partial charge in [0.1, 0.15) is 11.9 Å². The Balaban J connectivity index is 2.27. The van der Waals surface area contributed by atoms with E-state index >= 15 is 0 Å². The Morgan fingerprint density at radius 1 is 1.18 bits per heavy atom. The van der Waals surface area contributed by atoms with Crippen molar-refractivity contribution in [2.24, 2.45) is 5.41 Å². The minimum absolute atomic E-state index is 0.0113. The van der Waals surface area contributed by atoms with E-state index < -0.39 is 33.6 Å². The van der Waals surface area contributed by atoms with Crippen molar-refractivity contribution in [2.75, 3.05) is 14.2 Å². The molecule has 8 nitrogen and oxygen atoms in total. The second kappa shape index (κ2) is 9.22. The number of methoxy groups -OCH3 is 1. The average Bonchev–Trinajstić information content (AvgIpc) is 3.22. The van der Waals surface area contributed by atoms with E-state index in [9.17, 15) is 17.6 Å². The zero-order valence-electron chi connectivity index (χ0n) is 19.0. The van der Waals surface area contributed by atoms with Gasteiger partial charge in [0.25, 0.3) is 10.0 Å². The van der Waals surface area contributed by atoms with Gasteiger partial charge >= 0.3 is 6.09 Å². The van der Waals surface area contributed by atoms with Gasteiger partial charge in [-0.3, -0.25) is 0 Å². The molecule has 1 unspecified atom stereocenters. The zero-order chi connectivity index (χ0) is 24.4. The Morgan fingerprint density at radius 2 is 1.91 bits per heavy atom. The number of rotatable bonds is 6. The lowest BCUT2D eigenvalue weighted by molar-refractivity contribution is 0.0315. The summed E-state index contributed by atoms with van der Waals surface area (Å²) < 4.78 is 53.6. The largest absolute Gasteiger partial charge is 0.497 e. The zero-order valence-corrected chi connectivity index (χ0v) is 19.8. The SMILES string of the molecule is CNC(=O)OC(c1cc(-c2cccnc2F)n(S(=O)(=O)c2cccc(OC)c2)c1)C(C)(C)C. The highest BCUT2D eigenvalue weighted by atomic mass is 32.2. The molecule has 3 rings (SSSR count). The molecule has 0 aliphatic rings. The van der Waals surface area contributed by atoms with Crippen LogP contribution in [0.4, 0.5) is 9.18 Å². The maximum absolute atomic E-state index is 14.6. The summed E-state index contributed by atoms with van der Waals surface area (Å²) in [6.07, 6.45) is 1.12. The molecule has 1 aromatic carbocycles. The molecule has 0 radical (unpaired) electrons. The second-order valence-corrected chi connectivity index (χ2v) is 10.2. The van der Waals surface area contributed by atoms with Crippen LogP contribution in [0.5, 0.6) is 5.75 Å². The third kappa shape index (κ3) is 5.00. The van der Waals surface area contributed by atoms with Gasteiger partial charge in [-0.1, -0.05) is 26.8 Å². The predicted molar refractivity (Wildman–Crippen MR) is 121 cm³/mol. The van der Waals surface area contributed by atoms with Crippen molar-refractivity contribution in [3.63, 3.8) is 0 Å². The maximum Gasteiger partial charge on any atom is 0.407 e. The first-order chi connectivity index (χ1) is 15.5. The lowest BCUT2D eigenvalue weighted by Gasteiger charge is -2.29. The summed E-state index contributed by atoms with van der Waals surface area (Å²) in [6, 6.07) is 10.4. The molecule has 0 saturated heterocycles. The number of halogens is 1. The molecule has 176 valence electrons. The molecule has 10 heteroatoms. The summed E-state index contributed by atoms with van der Waals surface area (Å²) in [4.78, 5) is 15.6. The summed E-state index contributed by atoms with van der Waals surface area (Å²) >= 11 is 0. The number of pyridine rings is 1. The number of hydrogen-bond acceptors (Lipinski definition) is 6. The fourth-order valence-electron chi connectivity index (χ4n) is 3.37. The molecule has 1 N–H and O–H groups in total. The second-order valence-electron chi connectivity index (χ2n) is 8.38. The average molecular weight is 476 g/mol. The fourth-order valence-corrected chi connectivity index (χ4v) is 4.78. The van der Waals surface area contributed by atoms with Crippen molar-refractivity contribution in [1.82, 2.24) is 14.3 Å². The molecule has 0 saturated carbocycles. The van der Waals surface area contributed by atoms with E-state index in [2.05, 4.69) is 10.3 Å². The predicted octanol–water partition coefficient (Wildman–Crippen LogP) is 4.38. The third-order valence-corrected chi connectivity index (χ3v) is 6.63. The minimum Gasteiger partial charge on any atom is -0.497 e. The summed E-state index contributed by atoms with van der Waals surface area (Å²) in [5, 5.41) is 2.40. The number of alkyl carbamates (subject to hydrolysis) is 1. The van der Waals surface area contributed by atoms with E-state index in [1.165, 1.54) is 56.9 Å². The van der Waals surface area contributed by atoms with Crippen LogP contribution in [0, 0.1) is 11.4 Å². The monoisotopic (exact) mass is 475 g/mol. The van der Waals surface area contributed by atoms with E-state index in [1.807, 2.05) is 20.8 Å². The molecule has 0 aliphatic heterocycles. The van der Waals surface area contributed by atoms with E-state index in [0.29, 0.717) is 11.3 Å². The molecular formula is C23H26FN3O5S. The Kier molecular flexibility index (Phi) is 6.78. The number of carbonyl (C=O) groups is 1. The first kappa shape index (κ1) is 24.2. The van der Waals surface area contributed by atoms with Gasteiger partial charge in [-0.05, 0) is 30.3 Å². The number of aromatic nitrogens is 2. The molecule has 33 heavy (non-hydrogen) atoms. The van der Waals surface area contributed by atoms with Gasteiger partial charge in [0.15, 0.2) is 0 Å². The molecule has 0 aliphatic carbocycles. The van der Waals surface area contributed by atoms with Crippen LogP contribution in [0.15, 0.2) is 59.8 Å². The van der Waals surface area contributed by atoms with Gasteiger partial charge in [-0.25, -0.2) is 22.2 Å². The number of benzene rings is 1. The van der Waals surface area contributed by atoms with E-state index in [1.54, 1.807) is 12.1 Å². The third-order valence-electron chi connectivity index (χ3n) is 4.96. The number of hydrogen-bond donors (Lipinski definition) is 1. The number of ether oxygens (including phenoxy) is 2. The van der Waals surface area contributed by atoms with Crippen molar-refractivity contribution in [3.8, 4) is 17.0 Å². The van der Waals surface area contributed by atoms with Crippen LogP contribution in [-0.2, 0) is 14.8 Å². The van der Waals surface area contributed by atoms with Crippen LogP contribution in [0.3, 0.4) is 0 Å². The van der Waals surface area contributed by atoms with Gasteiger partial charge in [0.05, 0.1) is 23.3 Å². The molecular weight excluding hydrogens is 449 g/mol. The maximum atomic E-state index is 14.6.